The fourth-order valence-electron chi connectivity index (χ4n) is 1.96. The second-order valence-electron chi connectivity index (χ2n) is 4.29. The van der Waals surface area contributed by atoms with Gasteiger partial charge in [-0.3, -0.25) is 4.79 Å². The molecule has 0 spiro atoms. The molecule has 17 heavy (non-hydrogen) atoms. The zero-order valence-corrected chi connectivity index (χ0v) is 10.6. The smallest absolute Gasteiger partial charge is 0.252 e. The molecule has 4 heteroatoms. The van der Waals surface area contributed by atoms with Crippen LogP contribution in [0.25, 0.3) is 0 Å². The molecule has 1 atom stereocenters. The first kappa shape index (κ1) is 12.5. The van der Waals surface area contributed by atoms with Gasteiger partial charge in [0.05, 0.1) is 5.56 Å². The first-order valence-electron chi connectivity index (χ1n) is 5.91. The summed E-state index contributed by atoms with van der Waals surface area (Å²) in [7, 11) is 0. The van der Waals surface area contributed by atoms with E-state index in [-0.39, 0.29) is 5.91 Å². The van der Waals surface area contributed by atoms with Crippen LogP contribution < -0.4 is 5.32 Å². The Kier molecular flexibility index (Phi) is 4.45. The molecule has 1 saturated heterocycles. The van der Waals surface area contributed by atoms with Gasteiger partial charge in [-0.2, -0.15) is 0 Å². The second-order valence-corrected chi connectivity index (χ2v) is 4.77. The molecule has 3 nitrogen and oxygen atoms in total. The Morgan fingerprint density at radius 1 is 1.47 bits per heavy atom. The predicted molar refractivity (Wildman–Crippen MR) is 69.6 cm³/mol. The van der Waals surface area contributed by atoms with Crippen LogP contribution in [0.3, 0.4) is 0 Å². The second kappa shape index (κ2) is 6.07. The molecule has 1 aromatic carbocycles. The van der Waals surface area contributed by atoms with E-state index in [9.17, 15) is 4.79 Å². The van der Waals surface area contributed by atoms with Crippen molar-refractivity contribution >= 4 is 18.5 Å². The lowest BCUT2D eigenvalue weighted by Crippen LogP contribution is -2.26. The fraction of sp³-hybridized carbons (Fsp3) is 0.462. The Labute approximate surface area is 107 Å². The molecule has 0 saturated carbocycles. The first-order chi connectivity index (χ1) is 8.27. The van der Waals surface area contributed by atoms with Gasteiger partial charge in [-0.25, -0.2) is 0 Å². The summed E-state index contributed by atoms with van der Waals surface area (Å²) in [5, 5.41) is 2.92. The average molecular weight is 251 g/mol. The molecule has 1 aliphatic heterocycles. The summed E-state index contributed by atoms with van der Waals surface area (Å²) in [6, 6.07) is 7.33. The molecule has 1 amide bonds. The van der Waals surface area contributed by atoms with Crippen LogP contribution in [0.15, 0.2) is 29.2 Å². The van der Waals surface area contributed by atoms with Crippen molar-refractivity contribution in [1.82, 2.24) is 5.32 Å². The molecular formula is C13H17NO2S. The van der Waals surface area contributed by atoms with Crippen LogP contribution in [0.4, 0.5) is 0 Å². The number of nitrogens with one attached hydrogen (secondary N) is 1. The topological polar surface area (TPSA) is 38.3 Å². The monoisotopic (exact) mass is 251 g/mol. The normalized spacial score (nSPS) is 19.2. The van der Waals surface area contributed by atoms with E-state index in [2.05, 4.69) is 17.9 Å². The van der Waals surface area contributed by atoms with E-state index in [0.717, 1.165) is 26.1 Å². The molecular weight excluding hydrogens is 234 g/mol. The molecule has 0 aliphatic carbocycles. The standard InChI is InChI=1S/C13H17NO2S/c15-13(11-3-1-2-4-12(11)17)14-7-5-10-6-8-16-9-10/h1-4,10,17H,5-9H2,(H,14,15). The third-order valence-electron chi connectivity index (χ3n) is 3.01. The Morgan fingerprint density at radius 3 is 3.00 bits per heavy atom. The van der Waals surface area contributed by atoms with Gasteiger partial charge in [0.15, 0.2) is 0 Å². The highest BCUT2D eigenvalue weighted by atomic mass is 32.1. The number of carbonyl (C=O) groups excluding carboxylic acids is 1. The van der Waals surface area contributed by atoms with Gasteiger partial charge in [0.25, 0.3) is 5.91 Å². The van der Waals surface area contributed by atoms with E-state index in [1.54, 1.807) is 6.07 Å². The van der Waals surface area contributed by atoms with Crippen LogP contribution in [0.1, 0.15) is 23.2 Å². The summed E-state index contributed by atoms with van der Waals surface area (Å²) < 4.78 is 5.29. The third-order valence-corrected chi connectivity index (χ3v) is 3.40. The number of rotatable bonds is 4. The molecule has 1 N–H and O–H groups in total. The van der Waals surface area contributed by atoms with Crippen LogP contribution in [0, 0.1) is 5.92 Å². The van der Waals surface area contributed by atoms with E-state index in [1.165, 1.54) is 0 Å². The van der Waals surface area contributed by atoms with Gasteiger partial charge in [0, 0.05) is 24.7 Å². The van der Waals surface area contributed by atoms with Gasteiger partial charge < -0.3 is 10.1 Å². The van der Waals surface area contributed by atoms with Crippen molar-refractivity contribution in [1.29, 1.82) is 0 Å². The summed E-state index contributed by atoms with van der Waals surface area (Å²) in [5.41, 5.74) is 0.638. The maximum Gasteiger partial charge on any atom is 0.252 e. The van der Waals surface area contributed by atoms with Gasteiger partial charge >= 0.3 is 0 Å². The highest BCUT2D eigenvalue weighted by Gasteiger charge is 2.15. The quantitative estimate of drug-likeness (QED) is 0.805. The van der Waals surface area contributed by atoms with Crippen molar-refractivity contribution < 1.29 is 9.53 Å². The van der Waals surface area contributed by atoms with Gasteiger partial charge in [-0.1, -0.05) is 12.1 Å². The van der Waals surface area contributed by atoms with Crippen molar-refractivity contribution in [3.63, 3.8) is 0 Å². The molecule has 2 rings (SSSR count). The van der Waals surface area contributed by atoms with Gasteiger partial charge in [0.2, 0.25) is 0 Å². The molecule has 1 aliphatic rings. The lowest BCUT2D eigenvalue weighted by molar-refractivity contribution is 0.0947. The molecule has 0 radical (unpaired) electrons. The molecule has 0 bridgehead atoms. The van der Waals surface area contributed by atoms with Crippen LogP contribution in [0.5, 0.6) is 0 Å². The van der Waals surface area contributed by atoms with Crippen molar-refractivity contribution in [2.75, 3.05) is 19.8 Å². The molecule has 0 aromatic heterocycles. The Hall–Kier alpha value is -1.00. The Morgan fingerprint density at radius 2 is 2.29 bits per heavy atom. The number of hydrogen-bond donors (Lipinski definition) is 2. The van der Waals surface area contributed by atoms with Crippen LogP contribution in [-0.2, 0) is 4.74 Å². The highest BCUT2D eigenvalue weighted by Crippen LogP contribution is 2.16. The first-order valence-corrected chi connectivity index (χ1v) is 6.36. The van der Waals surface area contributed by atoms with Crippen molar-refractivity contribution in [3.05, 3.63) is 29.8 Å². The third kappa shape index (κ3) is 3.48. The predicted octanol–water partition coefficient (Wildman–Crippen LogP) is 2.13. The summed E-state index contributed by atoms with van der Waals surface area (Å²) in [6.45, 7) is 2.39. The minimum Gasteiger partial charge on any atom is -0.381 e. The zero-order valence-electron chi connectivity index (χ0n) is 9.69. The van der Waals surface area contributed by atoms with E-state index >= 15 is 0 Å². The maximum atomic E-state index is 11.8. The van der Waals surface area contributed by atoms with Crippen LogP contribution >= 0.6 is 12.6 Å². The van der Waals surface area contributed by atoms with Crippen molar-refractivity contribution in [3.8, 4) is 0 Å². The van der Waals surface area contributed by atoms with E-state index in [1.807, 2.05) is 18.2 Å². The summed E-state index contributed by atoms with van der Waals surface area (Å²) in [5.74, 6) is 0.552. The Balaban J connectivity index is 1.79. The molecule has 1 heterocycles. The largest absolute Gasteiger partial charge is 0.381 e. The number of amides is 1. The van der Waals surface area contributed by atoms with E-state index < -0.39 is 0 Å². The van der Waals surface area contributed by atoms with Crippen molar-refractivity contribution in [2.24, 2.45) is 5.92 Å². The maximum absolute atomic E-state index is 11.8. The lowest BCUT2D eigenvalue weighted by atomic mass is 10.1. The Bertz CT molecular complexity index is 389. The zero-order chi connectivity index (χ0) is 12.1. The highest BCUT2D eigenvalue weighted by molar-refractivity contribution is 7.80. The minimum absolute atomic E-state index is 0.0467. The average Bonchev–Trinajstić information content (AvgIpc) is 2.82. The molecule has 1 aromatic rings. The summed E-state index contributed by atoms with van der Waals surface area (Å²) in [4.78, 5) is 12.6. The summed E-state index contributed by atoms with van der Waals surface area (Å²) >= 11 is 4.27. The van der Waals surface area contributed by atoms with Gasteiger partial charge in [-0.15, -0.1) is 12.6 Å². The van der Waals surface area contributed by atoms with Gasteiger partial charge in [0.1, 0.15) is 0 Å². The van der Waals surface area contributed by atoms with Crippen LogP contribution in [0.2, 0.25) is 0 Å². The molecule has 92 valence electrons. The summed E-state index contributed by atoms with van der Waals surface area (Å²) in [6.07, 6.45) is 2.10. The van der Waals surface area contributed by atoms with E-state index in [4.69, 9.17) is 4.74 Å². The van der Waals surface area contributed by atoms with Gasteiger partial charge in [-0.05, 0) is 30.9 Å². The number of carbonyl (C=O) groups is 1. The molecule has 1 fully saturated rings. The van der Waals surface area contributed by atoms with E-state index in [0.29, 0.717) is 22.9 Å². The lowest BCUT2D eigenvalue weighted by Gasteiger charge is -2.09. The van der Waals surface area contributed by atoms with Crippen molar-refractivity contribution in [2.45, 2.75) is 17.7 Å². The number of thiol groups is 1. The molecule has 1 unspecified atom stereocenters. The SMILES string of the molecule is O=C(NCCC1CCOC1)c1ccccc1S. The number of benzene rings is 1. The van der Waals surface area contributed by atoms with Crippen LogP contribution in [-0.4, -0.2) is 25.7 Å². The number of ether oxygens (including phenoxy) is 1. The number of hydrogen-bond acceptors (Lipinski definition) is 3. The fourth-order valence-corrected chi connectivity index (χ4v) is 2.22. The minimum atomic E-state index is -0.0467.